The molecule has 0 saturated carbocycles. The molecule has 1 atom stereocenters. The largest absolute Gasteiger partial charge is 0.413 e. The zero-order valence-corrected chi connectivity index (χ0v) is 27.5. The maximum atomic E-state index is 6.56. The quantitative estimate of drug-likeness (QED) is 0.282. The molecule has 0 N–H and O–H groups in total. The fraction of sp³-hybridized carbons (Fsp3) is 0.625. The second kappa shape index (κ2) is 12.1. The van der Waals surface area contributed by atoms with Crippen molar-refractivity contribution in [2.45, 2.75) is 118 Å². The smallest absolute Gasteiger partial charge is 0.192 e. The summed E-state index contributed by atoms with van der Waals surface area (Å²) in [6.07, 6.45) is 10.3. The molecule has 2 nitrogen and oxygen atoms in total. The van der Waals surface area contributed by atoms with Crippen molar-refractivity contribution < 1.29 is 8.85 Å². The van der Waals surface area contributed by atoms with Crippen molar-refractivity contribution in [2.24, 2.45) is 5.92 Å². The maximum absolute atomic E-state index is 6.56. The number of hydrogen-bond donors (Lipinski definition) is 0. The molecule has 1 aliphatic carbocycles. The Labute approximate surface area is 225 Å². The average Bonchev–Trinajstić information content (AvgIpc) is 2.78. The van der Waals surface area contributed by atoms with Crippen LogP contribution in [0.1, 0.15) is 85.8 Å². The summed E-state index contributed by atoms with van der Waals surface area (Å²) in [7, 11) is -3.57. The summed E-state index contributed by atoms with van der Waals surface area (Å²) >= 11 is 0. The highest BCUT2D eigenvalue weighted by molar-refractivity contribution is 6.74. The highest BCUT2D eigenvalue weighted by Gasteiger charge is 2.38. The van der Waals surface area contributed by atoms with Crippen LogP contribution in [0.5, 0.6) is 0 Å². The Kier molecular flexibility index (Phi) is 10.4. The molecule has 2 rings (SSSR count). The molecule has 202 valence electrons. The summed E-state index contributed by atoms with van der Waals surface area (Å²) in [5.41, 5.74) is 6.83. The fourth-order valence-corrected chi connectivity index (χ4v) is 5.63. The lowest BCUT2D eigenvalue weighted by molar-refractivity contribution is 0.276. The van der Waals surface area contributed by atoms with Crippen molar-refractivity contribution in [3.63, 3.8) is 0 Å². The minimum Gasteiger partial charge on any atom is -0.413 e. The fourth-order valence-electron chi connectivity index (χ4n) is 3.70. The van der Waals surface area contributed by atoms with E-state index in [1.54, 1.807) is 0 Å². The third-order valence-corrected chi connectivity index (χ3v) is 17.7. The summed E-state index contributed by atoms with van der Waals surface area (Å²) in [5, 5.41) is 0.440. The van der Waals surface area contributed by atoms with E-state index >= 15 is 0 Å². The molecule has 1 aromatic carbocycles. The van der Waals surface area contributed by atoms with Crippen LogP contribution in [0, 0.1) is 5.92 Å². The molecule has 0 heterocycles. The van der Waals surface area contributed by atoms with Gasteiger partial charge in [-0.05, 0) is 88.9 Å². The van der Waals surface area contributed by atoms with Gasteiger partial charge in [0.25, 0.3) is 0 Å². The molecule has 0 spiro atoms. The summed E-state index contributed by atoms with van der Waals surface area (Å²) in [5.74, 6) is 0.644. The van der Waals surface area contributed by atoms with Gasteiger partial charge in [0.05, 0.1) is 13.2 Å². The van der Waals surface area contributed by atoms with Gasteiger partial charge in [0, 0.05) is 0 Å². The van der Waals surface area contributed by atoms with Crippen molar-refractivity contribution in [1.82, 2.24) is 0 Å². The molecule has 4 heteroatoms. The summed E-state index contributed by atoms with van der Waals surface area (Å²) < 4.78 is 13.1. The Balaban J connectivity index is 2.36. The molecule has 0 amide bonds. The van der Waals surface area contributed by atoms with Gasteiger partial charge in [-0.25, -0.2) is 0 Å². The van der Waals surface area contributed by atoms with E-state index in [0.29, 0.717) is 19.1 Å². The van der Waals surface area contributed by atoms with E-state index in [4.69, 9.17) is 8.85 Å². The van der Waals surface area contributed by atoms with Gasteiger partial charge in [0.15, 0.2) is 16.6 Å². The van der Waals surface area contributed by atoms with Crippen LogP contribution in [0.25, 0.3) is 5.57 Å². The van der Waals surface area contributed by atoms with E-state index in [0.717, 1.165) is 12.8 Å². The molecule has 1 aromatic rings. The molecule has 1 aliphatic rings. The molecule has 1 unspecified atom stereocenters. The van der Waals surface area contributed by atoms with Crippen LogP contribution in [-0.4, -0.2) is 23.2 Å². The maximum Gasteiger partial charge on any atom is 0.192 e. The first kappa shape index (κ1) is 31.0. The number of benzene rings is 1. The van der Waals surface area contributed by atoms with Crippen molar-refractivity contribution in [1.29, 1.82) is 0 Å². The molecule has 0 aliphatic heterocycles. The summed E-state index contributed by atoms with van der Waals surface area (Å²) in [4.78, 5) is 0. The predicted molar refractivity (Wildman–Crippen MR) is 164 cm³/mol. The topological polar surface area (TPSA) is 18.5 Å². The van der Waals surface area contributed by atoms with E-state index in [1.807, 2.05) is 0 Å². The first-order valence-corrected chi connectivity index (χ1v) is 19.7. The van der Waals surface area contributed by atoms with Crippen LogP contribution in [0.15, 0.2) is 53.6 Å². The first-order valence-electron chi connectivity index (χ1n) is 13.9. The summed E-state index contributed by atoms with van der Waals surface area (Å²) in [6, 6.07) is 9.09. The predicted octanol–water partition coefficient (Wildman–Crippen LogP) is 10.3. The van der Waals surface area contributed by atoms with Crippen LogP contribution in [0.4, 0.5) is 0 Å². The Bertz CT molecular complexity index is 969. The molecule has 0 bridgehead atoms. The zero-order chi connectivity index (χ0) is 27.4. The lowest BCUT2D eigenvalue weighted by atomic mass is 9.86. The lowest BCUT2D eigenvalue weighted by Gasteiger charge is -2.36. The van der Waals surface area contributed by atoms with E-state index < -0.39 is 16.6 Å². The van der Waals surface area contributed by atoms with E-state index in [-0.39, 0.29) is 10.1 Å². The standard InChI is InChI=1S/C32H54O2Si2/c1-13-25(2)20-30(28-18-14-16-26(21-28)23-33-35(9,10)31(3,4)5)29-19-15-17-27(22-29)24-34-36(11,12)32(6,7)8/h14-18,21-22,25H,13,19-20,23-24H2,1-12H3/b30-29+. The SMILES string of the molecule is CCC(C)C/C(=C1\C=C(CO[Si](C)(C)C(C)(C)C)C=CC1)c1cccc(CO[Si](C)(C)C(C)(C)C)c1. The van der Waals surface area contributed by atoms with Gasteiger partial charge in [0.1, 0.15) is 0 Å². The van der Waals surface area contributed by atoms with Gasteiger partial charge in [-0.1, -0.05) is 98.2 Å². The van der Waals surface area contributed by atoms with Crippen LogP contribution in [0.2, 0.25) is 36.3 Å². The Hall–Kier alpha value is -1.21. The molecule has 0 fully saturated rings. The minimum absolute atomic E-state index is 0.219. The molecule has 0 saturated heterocycles. The highest BCUT2D eigenvalue weighted by Crippen LogP contribution is 2.39. The minimum atomic E-state index is -1.79. The Morgan fingerprint density at radius 3 is 2.06 bits per heavy atom. The van der Waals surface area contributed by atoms with Crippen molar-refractivity contribution >= 4 is 22.2 Å². The summed E-state index contributed by atoms with van der Waals surface area (Å²) in [6.45, 7) is 29.2. The Morgan fingerprint density at radius 2 is 1.50 bits per heavy atom. The monoisotopic (exact) mass is 526 g/mol. The second-order valence-corrected chi connectivity index (χ2v) is 23.5. The Morgan fingerprint density at radius 1 is 0.917 bits per heavy atom. The molecule has 36 heavy (non-hydrogen) atoms. The second-order valence-electron chi connectivity index (χ2n) is 13.8. The third kappa shape index (κ3) is 8.41. The molecule has 0 aromatic heterocycles. The van der Waals surface area contributed by atoms with E-state index in [2.05, 4.69) is 124 Å². The van der Waals surface area contributed by atoms with E-state index in [1.165, 1.54) is 34.3 Å². The third-order valence-electron chi connectivity index (χ3n) is 8.75. The number of allylic oxidation sites excluding steroid dienone is 4. The molecular formula is C32H54O2Si2. The van der Waals surface area contributed by atoms with Gasteiger partial charge in [-0.2, -0.15) is 0 Å². The highest BCUT2D eigenvalue weighted by atomic mass is 28.4. The number of hydrogen-bond acceptors (Lipinski definition) is 2. The van der Waals surface area contributed by atoms with Crippen molar-refractivity contribution in [3.05, 3.63) is 64.8 Å². The van der Waals surface area contributed by atoms with Crippen LogP contribution >= 0.6 is 0 Å². The van der Waals surface area contributed by atoms with Gasteiger partial charge in [-0.3, -0.25) is 0 Å². The van der Waals surface area contributed by atoms with Gasteiger partial charge in [-0.15, -0.1) is 0 Å². The van der Waals surface area contributed by atoms with Crippen molar-refractivity contribution in [3.8, 4) is 0 Å². The van der Waals surface area contributed by atoms with Crippen LogP contribution in [-0.2, 0) is 15.5 Å². The van der Waals surface area contributed by atoms with Gasteiger partial charge in [0.2, 0.25) is 0 Å². The average molecular weight is 527 g/mol. The van der Waals surface area contributed by atoms with E-state index in [9.17, 15) is 0 Å². The molecular weight excluding hydrogens is 473 g/mol. The molecule has 0 radical (unpaired) electrons. The van der Waals surface area contributed by atoms with Crippen molar-refractivity contribution in [2.75, 3.05) is 6.61 Å². The first-order chi connectivity index (χ1) is 16.5. The van der Waals surface area contributed by atoms with Gasteiger partial charge >= 0.3 is 0 Å². The van der Waals surface area contributed by atoms with Crippen LogP contribution < -0.4 is 0 Å². The lowest BCUT2D eigenvalue weighted by Crippen LogP contribution is -2.41. The van der Waals surface area contributed by atoms with Gasteiger partial charge < -0.3 is 8.85 Å². The normalized spacial score (nSPS) is 17.7. The van der Waals surface area contributed by atoms with Crippen LogP contribution in [0.3, 0.4) is 0 Å². The number of rotatable bonds is 10. The zero-order valence-electron chi connectivity index (χ0n) is 25.5.